The van der Waals surface area contributed by atoms with Gasteiger partial charge in [-0.2, -0.15) is 0 Å². The van der Waals surface area contributed by atoms with Gasteiger partial charge in [0.15, 0.2) is 0 Å². The zero-order valence-corrected chi connectivity index (χ0v) is 10.1. The maximum Gasteiger partial charge on any atom is 0.333 e. The van der Waals surface area contributed by atoms with E-state index in [1.165, 1.54) is 6.42 Å². The van der Waals surface area contributed by atoms with Gasteiger partial charge >= 0.3 is 5.97 Å². The molecule has 0 aromatic rings. The van der Waals surface area contributed by atoms with E-state index >= 15 is 0 Å². The minimum Gasteiger partial charge on any atom is -0.459 e. The molecule has 92 valence electrons. The lowest BCUT2D eigenvalue weighted by Crippen LogP contribution is -2.38. The van der Waals surface area contributed by atoms with Crippen LogP contribution in [0.4, 0.5) is 0 Å². The second-order valence-corrected chi connectivity index (χ2v) is 5.74. The Kier molecular flexibility index (Phi) is 2.40. The fourth-order valence-electron chi connectivity index (χ4n) is 3.99. The predicted octanol–water partition coefficient (Wildman–Crippen LogP) is 1.64. The zero-order chi connectivity index (χ0) is 12.2. The molecule has 6 unspecified atom stereocenters. The van der Waals surface area contributed by atoms with E-state index in [9.17, 15) is 4.79 Å². The highest BCUT2D eigenvalue weighted by atomic mass is 16.5. The monoisotopic (exact) mass is 233 g/mol. The molecule has 0 radical (unpaired) electrons. The first-order chi connectivity index (χ1) is 8.08. The highest BCUT2D eigenvalue weighted by molar-refractivity contribution is 5.87. The third-order valence-electron chi connectivity index (χ3n) is 4.68. The minimum absolute atomic E-state index is 0.0837. The van der Waals surface area contributed by atoms with Crippen molar-refractivity contribution in [2.75, 3.05) is 0 Å². The smallest absolute Gasteiger partial charge is 0.333 e. The number of hydrogen-bond acceptors (Lipinski definition) is 3. The topological polar surface area (TPSA) is 52.3 Å². The minimum atomic E-state index is -0.245. The maximum atomic E-state index is 11.6. The quantitative estimate of drug-likeness (QED) is 0.448. The number of nitrogens with two attached hydrogens (primary N) is 1. The molecule has 3 aliphatic carbocycles. The summed E-state index contributed by atoms with van der Waals surface area (Å²) in [5.41, 5.74) is 6.58. The van der Waals surface area contributed by atoms with Crippen LogP contribution in [-0.2, 0) is 9.53 Å². The van der Waals surface area contributed by atoms with Crippen molar-refractivity contribution < 1.29 is 9.53 Å². The Morgan fingerprint density at radius 2 is 2.18 bits per heavy atom. The summed E-state index contributed by atoms with van der Waals surface area (Å²) in [5, 5.41) is 0. The third-order valence-corrected chi connectivity index (χ3v) is 4.68. The van der Waals surface area contributed by atoms with Crippen molar-refractivity contribution in [2.45, 2.75) is 31.9 Å². The van der Waals surface area contributed by atoms with Crippen molar-refractivity contribution in [3.8, 4) is 0 Å². The summed E-state index contributed by atoms with van der Waals surface area (Å²) in [6.45, 7) is 5.33. The highest BCUT2D eigenvalue weighted by Gasteiger charge is 2.56. The average Bonchev–Trinajstić information content (AvgIpc) is 2.90. The molecule has 0 aromatic heterocycles. The summed E-state index contributed by atoms with van der Waals surface area (Å²) in [4.78, 5) is 11.6. The van der Waals surface area contributed by atoms with Crippen molar-refractivity contribution >= 4 is 5.97 Å². The number of carbonyl (C=O) groups excluding carboxylic acids is 1. The normalized spacial score (nSPS) is 46.0. The fraction of sp³-hybridized carbons (Fsp3) is 0.643. The molecule has 3 rings (SSSR count). The summed E-state index contributed by atoms with van der Waals surface area (Å²) in [7, 11) is 0. The third kappa shape index (κ3) is 1.56. The molecule has 0 spiro atoms. The van der Waals surface area contributed by atoms with Gasteiger partial charge in [0.05, 0.1) is 0 Å². The van der Waals surface area contributed by atoms with Crippen molar-refractivity contribution in [1.29, 1.82) is 0 Å². The van der Waals surface area contributed by atoms with Gasteiger partial charge in [0.25, 0.3) is 0 Å². The van der Waals surface area contributed by atoms with Crippen molar-refractivity contribution in [1.82, 2.24) is 0 Å². The molecule has 3 nitrogen and oxygen atoms in total. The Hall–Kier alpha value is -1.09. The molecule has 2 fully saturated rings. The fourth-order valence-corrected chi connectivity index (χ4v) is 3.99. The van der Waals surface area contributed by atoms with Gasteiger partial charge in [-0.15, -0.1) is 0 Å². The molecular weight excluding hydrogens is 214 g/mol. The van der Waals surface area contributed by atoms with Gasteiger partial charge in [0.2, 0.25) is 0 Å². The Morgan fingerprint density at radius 3 is 2.88 bits per heavy atom. The summed E-state index contributed by atoms with van der Waals surface area (Å²) in [6, 6.07) is 0.216. The Bertz CT molecular complexity index is 401. The van der Waals surface area contributed by atoms with Gasteiger partial charge in [-0.1, -0.05) is 18.7 Å². The molecule has 0 aliphatic heterocycles. The molecule has 2 N–H and O–H groups in total. The lowest BCUT2D eigenvalue weighted by Gasteiger charge is -2.32. The Labute approximate surface area is 102 Å². The number of esters is 1. The van der Waals surface area contributed by atoms with E-state index in [-0.39, 0.29) is 18.1 Å². The van der Waals surface area contributed by atoms with Gasteiger partial charge in [-0.05, 0) is 37.5 Å². The predicted molar refractivity (Wildman–Crippen MR) is 65.0 cm³/mol. The summed E-state index contributed by atoms with van der Waals surface area (Å²) in [5.74, 6) is 2.01. The average molecular weight is 233 g/mol. The van der Waals surface area contributed by atoms with Crippen LogP contribution in [0.3, 0.4) is 0 Å². The van der Waals surface area contributed by atoms with Crippen molar-refractivity contribution in [3.05, 3.63) is 24.3 Å². The van der Waals surface area contributed by atoms with Crippen LogP contribution in [0.2, 0.25) is 0 Å². The number of carbonyl (C=O) groups is 1. The van der Waals surface area contributed by atoms with Crippen LogP contribution in [0.1, 0.15) is 19.8 Å². The Balaban J connectivity index is 1.71. The van der Waals surface area contributed by atoms with Crippen LogP contribution in [0, 0.1) is 23.7 Å². The van der Waals surface area contributed by atoms with Crippen LogP contribution in [0.15, 0.2) is 24.3 Å². The molecule has 0 aromatic carbocycles. The zero-order valence-electron chi connectivity index (χ0n) is 10.1. The molecule has 17 heavy (non-hydrogen) atoms. The summed E-state index contributed by atoms with van der Waals surface area (Å²) < 4.78 is 5.54. The second kappa shape index (κ2) is 3.70. The number of rotatable bonds is 2. The lowest BCUT2D eigenvalue weighted by molar-refractivity contribution is -0.147. The van der Waals surface area contributed by atoms with Gasteiger partial charge in [-0.3, -0.25) is 0 Å². The van der Waals surface area contributed by atoms with Gasteiger partial charge in [0, 0.05) is 17.5 Å². The van der Waals surface area contributed by atoms with Crippen LogP contribution < -0.4 is 5.73 Å². The van der Waals surface area contributed by atoms with E-state index in [1.807, 2.05) is 0 Å². The summed E-state index contributed by atoms with van der Waals surface area (Å²) >= 11 is 0. The standard InChI is InChI=1S/C14H19NO2/c1-7(2)14(16)17-12-6-8-5-10(12)9-3-4-11(15)13(8)9/h3-4,8-13H,1,5-6,15H2,2H3. The first-order valence-electron chi connectivity index (χ1n) is 6.38. The highest BCUT2D eigenvalue weighted by Crippen LogP contribution is 2.56. The number of hydrogen-bond donors (Lipinski definition) is 1. The van der Waals surface area contributed by atoms with E-state index in [2.05, 4.69) is 18.7 Å². The van der Waals surface area contributed by atoms with E-state index in [1.54, 1.807) is 6.92 Å². The Morgan fingerprint density at radius 1 is 1.41 bits per heavy atom. The molecule has 2 bridgehead atoms. The molecule has 6 atom stereocenters. The second-order valence-electron chi connectivity index (χ2n) is 5.74. The molecular formula is C14H19NO2. The van der Waals surface area contributed by atoms with Crippen LogP contribution in [-0.4, -0.2) is 18.1 Å². The van der Waals surface area contributed by atoms with Crippen molar-refractivity contribution in [3.63, 3.8) is 0 Å². The van der Waals surface area contributed by atoms with Crippen molar-refractivity contribution in [2.24, 2.45) is 29.4 Å². The van der Waals surface area contributed by atoms with Gasteiger partial charge < -0.3 is 10.5 Å². The van der Waals surface area contributed by atoms with E-state index < -0.39 is 0 Å². The number of fused-ring (bicyclic) bond motifs is 5. The largest absolute Gasteiger partial charge is 0.459 e. The lowest BCUT2D eigenvalue weighted by atomic mass is 9.78. The summed E-state index contributed by atoms with van der Waals surface area (Å²) in [6.07, 6.45) is 6.60. The first kappa shape index (κ1) is 11.0. The van der Waals surface area contributed by atoms with Crippen LogP contribution in [0.5, 0.6) is 0 Å². The molecule has 0 amide bonds. The molecule has 2 saturated carbocycles. The SMILES string of the molecule is C=C(C)C(=O)OC1CC2CC1C1C=CC(N)C21. The van der Waals surface area contributed by atoms with E-state index in [0.29, 0.717) is 29.2 Å². The molecule has 0 heterocycles. The molecule has 0 saturated heterocycles. The molecule has 3 aliphatic rings. The van der Waals surface area contributed by atoms with Gasteiger partial charge in [0.1, 0.15) is 6.10 Å². The van der Waals surface area contributed by atoms with E-state index in [0.717, 1.165) is 6.42 Å². The number of allylic oxidation sites excluding steroid dienone is 1. The first-order valence-corrected chi connectivity index (χ1v) is 6.38. The van der Waals surface area contributed by atoms with E-state index in [4.69, 9.17) is 10.5 Å². The number of ether oxygens (including phenoxy) is 1. The molecule has 3 heteroatoms. The van der Waals surface area contributed by atoms with Crippen LogP contribution in [0.25, 0.3) is 0 Å². The van der Waals surface area contributed by atoms with Gasteiger partial charge in [-0.25, -0.2) is 4.79 Å². The van der Waals surface area contributed by atoms with Crippen LogP contribution >= 0.6 is 0 Å². The maximum absolute atomic E-state index is 11.6.